The van der Waals surface area contributed by atoms with E-state index in [2.05, 4.69) is 16.2 Å². The molecule has 1 aromatic carbocycles. The predicted octanol–water partition coefficient (Wildman–Crippen LogP) is 5.13. The van der Waals surface area contributed by atoms with Crippen molar-refractivity contribution in [3.8, 4) is 11.8 Å². The van der Waals surface area contributed by atoms with Crippen molar-refractivity contribution in [2.45, 2.75) is 44.6 Å². The van der Waals surface area contributed by atoms with Gasteiger partial charge in [-0.2, -0.15) is 5.26 Å². The molecule has 0 radical (unpaired) electrons. The third-order valence-corrected chi connectivity index (χ3v) is 7.89. The van der Waals surface area contributed by atoms with Crippen molar-refractivity contribution in [3.63, 3.8) is 0 Å². The molecule has 0 atom stereocenters. The number of hydrogen-bond acceptors (Lipinski definition) is 7. The first-order valence-corrected chi connectivity index (χ1v) is 13.2. The van der Waals surface area contributed by atoms with Crippen LogP contribution in [0, 0.1) is 29.0 Å². The minimum atomic E-state index is -0.516. The minimum Gasteiger partial charge on any atom is -0.507 e. The lowest BCUT2D eigenvalue weighted by Gasteiger charge is -2.37. The van der Waals surface area contributed by atoms with Crippen LogP contribution < -0.4 is 10.5 Å². The van der Waals surface area contributed by atoms with E-state index in [0.29, 0.717) is 40.5 Å². The fourth-order valence-corrected chi connectivity index (χ4v) is 5.44. The number of phenols is 1. The van der Waals surface area contributed by atoms with Gasteiger partial charge in [-0.15, -0.1) is 0 Å². The molecule has 2 aromatic heterocycles. The quantitative estimate of drug-likeness (QED) is 0.254. The van der Waals surface area contributed by atoms with E-state index < -0.39 is 5.82 Å². The lowest BCUT2D eigenvalue weighted by Crippen LogP contribution is -2.38. The van der Waals surface area contributed by atoms with Crippen molar-refractivity contribution in [1.82, 2.24) is 9.55 Å². The van der Waals surface area contributed by atoms with E-state index in [1.807, 2.05) is 11.9 Å². The first-order chi connectivity index (χ1) is 18.3. The highest BCUT2D eigenvalue weighted by Gasteiger charge is 2.32. The molecule has 2 aliphatic rings. The SMILES string of the molecule is CN(c1c(C#N)c(=O)n(C)c2ccc(Cl)nc12)C1CCC(/C(=N/OCC2CC2)c2ccc(F)cc2O)CC1. The number of phenolic OH excluding ortho intramolecular Hbond substituents is 1. The molecule has 0 saturated heterocycles. The Kier molecular flexibility index (Phi) is 7.26. The summed E-state index contributed by atoms with van der Waals surface area (Å²) >= 11 is 6.20. The number of nitriles is 1. The second kappa shape index (κ2) is 10.6. The Morgan fingerprint density at radius 1 is 1.26 bits per heavy atom. The van der Waals surface area contributed by atoms with E-state index in [-0.39, 0.29) is 34.0 Å². The Balaban J connectivity index is 1.42. The average molecular weight is 538 g/mol. The fourth-order valence-electron chi connectivity index (χ4n) is 5.29. The Morgan fingerprint density at radius 2 is 2.00 bits per heavy atom. The molecule has 2 aliphatic carbocycles. The van der Waals surface area contributed by atoms with Crippen LogP contribution in [-0.4, -0.2) is 40.1 Å². The van der Waals surface area contributed by atoms with Gasteiger partial charge in [-0.3, -0.25) is 4.79 Å². The number of halogens is 2. The molecule has 0 aliphatic heterocycles. The molecule has 8 nitrogen and oxygen atoms in total. The summed E-state index contributed by atoms with van der Waals surface area (Å²) in [6.07, 6.45) is 5.21. The number of oxime groups is 1. The van der Waals surface area contributed by atoms with Crippen LogP contribution in [0.25, 0.3) is 11.0 Å². The number of rotatable bonds is 7. The van der Waals surface area contributed by atoms with Gasteiger partial charge in [0, 0.05) is 37.7 Å². The molecule has 2 heterocycles. The van der Waals surface area contributed by atoms with E-state index in [4.69, 9.17) is 16.4 Å². The zero-order valence-corrected chi connectivity index (χ0v) is 22.1. The number of aromatic hydroxyl groups is 1. The monoisotopic (exact) mass is 537 g/mol. The summed E-state index contributed by atoms with van der Waals surface area (Å²) in [4.78, 5) is 25.1. The zero-order valence-electron chi connectivity index (χ0n) is 21.3. The summed E-state index contributed by atoms with van der Waals surface area (Å²) in [6, 6.07) is 9.42. The Hall–Kier alpha value is -3.64. The van der Waals surface area contributed by atoms with Gasteiger partial charge in [0.25, 0.3) is 5.56 Å². The first-order valence-electron chi connectivity index (χ1n) is 12.8. The molecule has 198 valence electrons. The van der Waals surface area contributed by atoms with E-state index >= 15 is 0 Å². The lowest BCUT2D eigenvalue weighted by atomic mass is 9.80. The number of aryl methyl sites for hydroxylation is 1. The van der Waals surface area contributed by atoms with Crippen molar-refractivity contribution in [3.05, 3.63) is 62.8 Å². The number of fused-ring (bicyclic) bond motifs is 1. The molecule has 2 saturated carbocycles. The number of anilines is 1. The predicted molar refractivity (Wildman–Crippen MR) is 144 cm³/mol. The van der Waals surface area contributed by atoms with E-state index in [1.54, 1.807) is 25.2 Å². The molecule has 0 bridgehead atoms. The number of nitrogens with zero attached hydrogens (tertiary/aromatic N) is 5. The van der Waals surface area contributed by atoms with Crippen molar-refractivity contribution in [2.75, 3.05) is 18.6 Å². The number of hydrogen-bond donors (Lipinski definition) is 1. The molecular weight excluding hydrogens is 509 g/mol. The van der Waals surface area contributed by atoms with Crippen molar-refractivity contribution < 1.29 is 14.3 Å². The maximum absolute atomic E-state index is 13.7. The van der Waals surface area contributed by atoms with Gasteiger partial charge < -0.3 is 19.4 Å². The van der Waals surface area contributed by atoms with Crippen LogP contribution in [0.4, 0.5) is 10.1 Å². The van der Waals surface area contributed by atoms with Crippen molar-refractivity contribution >= 4 is 34.0 Å². The molecule has 10 heteroatoms. The standard InChI is InChI=1S/C28H29ClFN5O3/c1-34(27-21(14-31)28(37)35(2)22-11-12-24(29)32-26(22)27)19-8-5-17(6-9-19)25(33-38-15-16-3-4-16)20-10-7-18(30)13-23(20)36/h7,10-13,16-17,19,36H,3-6,8-9,15H2,1-2H3/b33-25-. The van der Waals surface area contributed by atoms with E-state index in [0.717, 1.165) is 44.6 Å². The topological polar surface area (TPSA) is 104 Å². The largest absolute Gasteiger partial charge is 0.507 e. The molecule has 0 spiro atoms. The summed E-state index contributed by atoms with van der Waals surface area (Å²) in [7, 11) is 3.50. The third kappa shape index (κ3) is 5.05. The maximum Gasteiger partial charge on any atom is 0.270 e. The number of aromatic nitrogens is 2. The van der Waals surface area contributed by atoms with Gasteiger partial charge >= 0.3 is 0 Å². The third-order valence-electron chi connectivity index (χ3n) is 7.68. The molecule has 2 fully saturated rings. The lowest BCUT2D eigenvalue weighted by molar-refractivity contribution is 0.131. The van der Waals surface area contributed by atoms with Gasteiger partial charge in [0.1, 0.15) is 40.5 Å². The van der Waals surface area contributed by atoms with Gasteiger partial charge in [0.2, 0.25) is 0 Å². The molecule has 0 amide bonds. The molecule has 0 unspecified atom stereocenters. The fraction of sp³-hybridized carbons (Fsp3) is 0.429. The second-order valence-electron chi connectivity index (χ2n) is 10.2. The normalized spacial score (nSPS) is 19.8. The van der Waals surface area contributed by atoms with E-state index in [9.17, 15) is 19.6 Å². The van der Waals surface area contributed by atoms with Crippen LogP contribution in [-0.2, 0) is 11.9 Å². The smallest absolute Gasteiger partial charge is 0.270 e. The highest BCUT2D eigenvalue weighted by molar-refractivity contribution is 6.29. The molecule has 5 rings (SSSR count). The maximum atomic E-state index is 13.7. The summed E-state index contributed by atoms with van der Waals surface area (Å²) in [6.45, 7) is 0.534. The number of benzene rings is 1. The molecule has 3 aromatic rings. The Morgan fingerprint density at radius 3 is 2.66 bits per heavy atom. The van der Waals surface area contributed by atoms with E-state index in [1.165, 1.54) is 10.6 Å². The average Bonchev–Trinajstić information content (AvgIpc) is 3.73. The van der Waals surface area contributed by atoms with Crippen LogP contribution in [0.1, 0.15) is 49.7 Å². The van der Waals surface area contributed by atoms with Gasteiger partial charge in [-0.25, -0.2) is 9.37 Å². The molecular formula is C28H29ClFN5O3. The minimum absolute atomic E-state index is 0.00129. The van der Waals surface area contributed by atoms with Crippen LogP contribution in [0.3, 0.4) is 0 Å². The zero-order chi connectivity index (χ0) is 27.0. The van der Waals surface area contributed by atoms with Crippen LogP contribution in [0.2, 0.25) is 5.15 Å². The first kappa shape index (κ1) is 26.0. The van der Waals surface area contributed by atoms with Crippen LogP contribution in [0.15, 0.2) is 40.3 Å². The van der Waals surface area contributed by atoms with Crippen LogP contribution >= 0.6 is 11.6 Å². The Labute approximate surface area is 224 Å². The van der Waals surface area contributed by atoms with Gasteiger partial charge in [-0.1, -0.05) is 16.8 Å². The molecule has 38 heavy (non-hydrogen) atoms. The van der Waals surface area contributed by atoms with Gasteiger partial charge in [0.15, 0.2) is 0 Å². The second-order valence-corrected chi connectivity index (χ2v) is 10.6. The van der Waals surface area contributed by atoms with Crippen molar-refractivity contribution in [1.29, 1.82) is 5.26 Å². The summed E-state index contributed by atoms with van der Waals surface area (Å²) in [5.74, 6) is -0.154. The molecule has 1 N–H and O–H groups in total. The van der Waals surface area contributed by atoms with Crippen molar-refractivity contribution in [2.24, 2.45) is 24.0 Å². The number of pyridine rings is 2. The summed E-state index contributed by atoms with van der Waals surface area (Å²) < 4.78 is 15.1. The summed E-state index contributed by atoms with van der Waals surface area (Å²) in [5, 5.41) is 25.1. The van der Waals surface area contributed by atoms with Gasteiger partial charge in [0.05, 0.1) is 16.9 Å². The highest BCUT2D eigenvalue weighted by atomic mass is 35.5. The van der Waals surface area contributed by atoms with Gasteiger partial charge in [-0.05, 0) is 68.7 Å². The highest BCUT2D eigenvalue weighted by Crippen LogP contribution is 2.37. The Bertz CT molecular complexity index is 1500. The van der Waals surface area contributed by atoms with Crippen LogP contribution in [0.5, 0.6) is 5.75 Å². The summed E-state index contributed by atoms with van der Waals surface area (Å²) in [5.41, 5.74) is 2.33.